The Hall–Kier alpha value is -2.84. The molecule has 1 amide bonds. The minimum absolute atomic E-state index is 0.202. The van der Waals surface area contributed by atoms with Gasteiger partial charge in [-0.1, -0.05) is 0 Å². The molecular formula is C12H10F2N4O3. The Morgan fingerprint density at radius 2 is 2.14 bits per heavy atom. The second-order valence-electron chi connectivity index (χ2n) is 4.16. The molecule has 2 aromatic rings. The molecule has 0 saturated heterocycles. The number of aliphatic carboxylic acids is 1. The highest BCUT2D eigenvalue weighted by molar-refractivity contribution is 5.96. The van der Waals surface area contributed by atoms with E-state index in [9.17, 15) is 18.4 Å². The molecule has 1 atom stereocenters. The van der Waals surface area contributed by atoms with Crippen LogP contribution >= 0.6 is 0 Å². The number of aromatic nitrogens is 3. The average molecular weight is 296 g/mol. The summed E-state index contributed by atoms with van der Waals surface area (Å²) >= 11 is 0. The molecule has 0 aliphatic heterocycles. The lowest BCUT2D eigenvalue weighted by molar-refractivity contribution is -0.139. The number of carbonyl (C=O) groups is 2. The predicted octanol–water partition coefficient (Wildman–Crippen LogP) is 0.649. The SMILES string of the molecule is Cn1cc(C(NC(=O)c2ccnc(F)c2F)C(=O)O)cn1. The van der Waals surface area contributed by atoms with E-state index in [1.165, 1.54) is 17.1 Å². The number of nitrogens with one attached hydrogen (secondary N) is 1. The van der Waals surface area contributed by atoms with Gasteiger partial charge in [0.15, 0.2) is 11.9 Å². The van der Waals surface area contributed by atoms with Gasteiger partial charge in [-0.2, -0.15) is 9.49 Å². The Labute approximate surface area is 117 Å². The molecule has 0 aliphatic carbocycles. The van der Waals surface area contributed by atoms with Crippen LogP contribution < -0.4 is 5.32 Å². The van der Waals surface area contributed by atoms with Crippen LogP contribution in [-0.2, 0) is 11.8 Å². The molecule has 0 bridgehead atoms. The fourth-order valence-corrected chi connectivity index (χ4v) is 1.68. The molecule has 1 unspecified atom stereocenters. The van der Waals surface area contributed by atoms with Gasteiger partial charge in [-0.3, -0.25) is 9.48 Å². The first-order valence-corrected chi connectivity index (χ1v) is 5.72. The number of hydrogen-bond donors (Lipinski definition) is 2. The van der Waals surface area contributed by atoms with Gasteiger partial charge in [0.2, 0.25) is 5.95 Å². The number of pyridine rings is 1. The summed E-state index contributed by atoms with van der Waals surface area (Å²) in [5, 5.41) is 15.0. The van der Waals surface area contributed by atoms with Crippen molar-refractivity contribution in [3.05, 3.63) is 47.5 Å². The van der Waals surface area contributed by atoms with Crippen molar-refractivity contribution in [2.24, 2.45) is 7.05 Å². The van der Waals surface area contributed by atoms with Gasteiger partial charge in [0, 0.05) is 25.0 Å². The van der Waals surface area contributed by atoms with Gasteiger partial charge in [0.1, 0.15) is 0 Å². The maximum atomic E-state index is 13.4. The topological polar surface area (TPSA) is 97.1 Å². The standard InChI is InChI=1S/C12H10F2N4O3/c1-18-5-6(4-16-18)9(12(20)21)17-11(19)7-2-3-15-10(14)8(7)13/h2-5,9H,1H3,(H,17,19)(H,20,21). The molecule has 21 heavy (non-hydrogen) atoms. The number of amides is 1. The number of carboxylic acid groups (broad SMARTS) is 1. The van der Waals surface area contributed by atoms with Gasteiger partial charge in [-0.15, -0.1) is 0 Å². The normalized spacial score (nSPS) is 12.0. The first-order chi connectivity index (χ1) is 9.90. The minimum atomic E-state index is -1.44. The van der Waals surface area contributed by atoms with Crippen LogP contribution in [0.3, 0.4) is 0 Å². The Morgan fingerprint density at radius 3 is 2.71 bits per heavy atom. The fourth-order valence-electron chi connectivity index (χ4n) is 1.68. The Bertz CT molecular complexity index is 702. The van der Waals surface area contributed by atoms with Crippen molar-refractivity contribution >= 4 is 11.9 Å². The Kier molecular flexibility index (Phi) is 3.92. The molecule has 0 spiro atoms. The van der Waals surface area contributed by atoms with Crippen molar-refractivity contribution < 1.29 is 23.5 Å². The maximum absolute atomic E-state index is 13.4. The Morgan fingerprint density at radius 1 is 1.43 bits per heavy atom. The number of halogens is 2. The van der Waals surface area contributed by atoms with Crippen molar-refractivity contribution in [2.75, 3.05) is 0 Å². The van der Waals surface area contributed by atoms with E-state index >= 15 is 0 Å². The number of rotatable bonds is 4. The highest BCUT2D eigenvalue weighted by Crippen LogP contribution is 2.15. The van der Waals surface area contributed by atoms with Crippen LogP contribution in [0.4, 0.5) is 8.78 Å². The molecule has 0 aliphatic rings. The van der Waals surface area contributed by atoms with Gasteiger partial charge < -0.3 is 10.4 Å². The lowest BCUT2D eigenvalue weighted by Gasteiger charge is -2.13. The zero-order valence-corrected chi connectivity index (χ0v) is 10.7. The molecule has 2 heterocycles. The maximum Gasteiger partial charge on any atom is 0.331 e. The number of carboxylic acids is 1. The van der Waals surface area contributed by atoms with Crippen molar-refractivity contribution in [3.8, 4) is 0 Å². The number of aryl methyl sites for hydroxylation is 1. The van der Waals surface area contributed by atoms with E-state index in [-0.39, 0.29) is 5.56 Å². The summed E-state index contributed by atoms with van der Waals surface area (Å²) < 4.78 is 27.8. The lowest BCUT2D eigenvalue weighted by Crippen LogP contribution is -2.34. The van der Waals surface area contributed by atoms with Crippen molar-refractivity contribution in [2.45, 2.75) is 6.04 Å². The summed E-state index contributed by atoms with van der Waals surface area (Å²) in [6, 6.07) is -0.475. The highest BCUT2D eigenvalue weighted by atomic mass is 19.2. The average Bonchev–Trinajstić information content (AvgIpc) is 2.84. The second-order valence-corrected chi connectivity index (χ2v) is 4.16. The van der Waals surface area contributed by atoms with Crippen molar-refractivity contribution in [1.82, 2.24) is 20.1 Å². The summed E-state index contributed by atoms with van der Waals surface area (Å²) in [7, 11) is 1.57. The third-order valence-corrected chi connectivity index (χ3v) is 2.67. The van der Waals surface area contributed by atoms with Crippen LogP contribution in [0.25, 0.3) is 0 Å². The first-order valence-electron chi connectivity index (χ1n) is 5.72. The van der Waals surface area contributed by atoms with E-state index in [2.05, 4.69) is 15.4 Å². The molecule has 9 heteroatoms. The van der Waals surface area contributed by atoms with Gasteiger partial charge in [-0.25, -0.2) is 14.2 Å². The molecule has 0 radical (unpaired) electrons. The quantitative estimate of drug-likeness (QED) is 0.807. The molecule has 0 saturated carbocycles. The van der Waals surface area contributed by atoms with Gasteiger partial charge in [-0.05, 0) is 6.07 Å². The molecule has 2 rings (SSSR count). The van der Waals surface area contributed by atoms with Crippen LogP contribution in [0.5, 0.6) is 0 Å². The van der Waals surface area contributed by atoms with E-state index in [0.29, 0.717) is 0 Å². The Balaban J connectivity index is 2.27. The highest BCUT2D eigenvalue weighted by Gasteiger charge is 2.26. The zero-order chi connectivity index (χ0) is 15.6. The monoisotopic (exact) mass is 296 g/mol. The first kappa shape index (κ1) is 14.6. The zero-order valence-electron chi connectivity index (χ0n) is 10.7. The molecule has 7 nitrogen and oxygen atoms in total. The van der Waals surface area contributed by atoms with E-state index in [0.717, 1.165) is 12.3 Å². The van der Waals surface area contributed by atoms with Gasteiger partial charge >= 0.3 is 5.97 Å². The summed E-state index contributed by atoms with van der Waals surface area (Å²) in [5.41, 5.74) is -0.425. The third-order valence-electron chi connectivity index (χ3n) is 2.67. The number of carbonyl (C=O) groups excluding carboxylic acids is 1. The van der Waals surface area contributed by atoms with E-state index < -0.39 is 35.2 Å². The van der Waals surface area contributed by atoms with Crippen molar-refractivity contribution in [3.63, 3.8) is 0 Å². The van der Waals surface area contributed by atoms with E-state index in [1.54, 1.807) is 7.05 Å². The van der Waals surface area contributed by atoms with E-state index in [4.69, 9.17) is 5.11 Å². The molecule has 110 valence electrons. The van der Waals surface area contributed by atoms with E-state index in [1.807, 2.05) is 0 Å². The molecule has 0 fully saturated rings. The van der Waals surface area contributed by atoms with Crippen LogP contribution in [-0.4, -0.2) is 31.7 Å². The lowest BCUT2D eigenvalue weighted by atomic mass is 10.1. The van der Waals surface area contributed by atoms with Crippen molar-refractivity contribution in [1.29, 1.82) is 0 Å². The fraction of sp³-hybridized carbons (Fsp3) is 0.167. The molecule has 2 aromatic heterocycles. The summed E-state index contributed by atoms with van der Waals surface area (Å²) in [4.78, 5) is 26.1. The predicted molar refractivity (Wildman–Crippen MR) is 65.2 cm³/mol. The third kappa shape index (κ3) is 3.02. The largest absolute Gasteiger partial charge is 0.479 e. The summed E-state index contributed by atoms with van der Waals surface area (Å²) in [6.07, 6.45) is 3.55. The second kappa shape index (κ2) is 5.65. The van der Waals surface area contributed by atoms with Gasteiger partial charge in [0.05, 0.1) is 11.8 Å². The minimum Gasteiger partial charge on any atom is -0.479 e. The molecule has 0 aromatic carbocycles. The summed E-state index contributed by atoms with van der Waals surface area (Å²) in [6.45, 7) is 0. The number of nitrogens with zero attached hydrogens (tertiary/aromatic N) is 3. The van der Waals surface area contributed by atoms with Crippen LogP contribution in [0.15, 0.2) is 24.7 Å². The van der Waals surface area contributed by atoms with Gasteiger partial charge in [0.25, 0.3) is 5.91 Å². The molecular weight excluding hydrogens is 286 g/mol. The van der Waals surface area contributed by atoms with Crippen LogP contribution in [0.2, 0.25) is 0 Å². The smallest absolute Gasteiger partial charge is 0.331 e. The molecule has 2 N–H and O–H groups in total. The van der Waals surface area contributed by atoms with Crippen LogP contribution in [0, 0.1) is 11.8 Å². The summed E-state index contributed by atoms with van der Waals surface area (Å²) in [5.74, 6) is -5.29. The number of hydrogen-bond acceptors (Lipinski definition) is 4. The van der Waals surface area contributed by atoms with Crippen LogP contribution in [0.1, 0.15) is 22.0 Å².